The van der Waals surface area contributed by atoms with E-state index in [1.54, 1.807) is 13.2 Å². The molecule has 0 atom stereocenters. The molecule has 0 radical (unpaired) electrons. The molecule has 130 valence electrons. The standard InChI is InChI=1S/C16H25N3O3.ClH/c1-11(2)16(21)18-13-6-5-12(3)14(9-13)19-15(20)10-17-7-8-22-4;/h5-6,9,11,17H,7-8,10H2,1-4H3,(H,18,21)(H,19,20);1H. The number of carbonyl (C=O) groups excluding carboxylic acids is 2. The summed E-state index contributed by atoms with van der Waals surface area (Å²) in [5.74, 6) is -0.279. The molecule has 0 aliphatic rings. The molecule has 1 aromatic rings. The van der Waals surface area contributed by atoms with Crippen molar-refractivity contribution in [2.24, 2.45) is 5.92 Å². The lowest BCUT2D eigenvalue weighted by Crippen LogP contribution is -2.30. The molecule has 6 nitrogen and oxygen atoms in total. The van der Waals surface area contributed by atoms with Crippen LogP contribution in [0.5, 0.6) is 0 Å². The zero-order valence-electron chi connectivity index (χ0n) is 14.1. The number of hydrogen-bond donors (Lipinski definition) is 3. The van der Waals surface area contributed by atoms with Crippen LogP contribution < -0.4 is 16.0 Å². The summed E-state index contributed by atoms with van der Waals surface area (Å²) in [5.41, 5.74) is 2.31. The maximum Gasteiger partial charge on any atom is 0.238 e. The second kappa shape index (κ2) is 11.0. The molecule has 0 bridgehead atoms. The van der Waals surface area contributed by atoms with Crippen molar-refractivity contribution in [3.05, 3.63) is 23.8 Å². The molecule has 0 aliphatic carbocycles. The first-order valence-corrected chi connectivity index (χ1v) is 7.35. The van der Waals surface area contributed by atoms with Crippen LogP contribution in [-0.2, 0) is 14.3 Å². The van der Waals surface area contributed by atoms with Crippen molar-refractivity contribution in [1.82, 2.24) is 5.32 Å². The Morgan fingerprint density at radius 3 is 2.52 bits per heavy atom. The van der Waals surface area contributed by atoms with Crippen LogP contribution in [0.25, 0.3) is 0 Å². The van der Waals surface area contributed by atoms with E-state index in [2.05, 4.69) is 16.0 Å². The number of methoxy groups -OCH3 is 1. The summed E-state index contributed by atoms with van der Waals surface area (Å²) in [7, 11) is 1.61. The van der Waals surface area contributed by atoms with Gasteiger partial charge in [0.2, 0.25) is 11.8 Å². The molecule has 23 heavy (non-hydrogen) atoms. The van der Waals surface area contributed by atoms with Crippen molar-refractivity contribution in [3.8, 4) is 0 Å². The van der Waals surface area contributed by atoms with Crippen LogP contribution in [0, 0.1) is 12.8 Å². The number of benzene rings is 1. The zero-order valence-corrected chi connectivity index (χ0v) is 14.9. The number of amides is 2. The average molecular weight is 344 g/mol. The smallest absolute Gasteiger partial charge is 0.238 e. The van der Waals surface area contributed by atoms with Gasteiger partial charge in [-0.3, -0.25) is 9.59 Å². The maximum atomic E-state index is 11.9. The van der Waals surface area contributed by atoms with Gasteiger partial charge in [0, 0.05) is 30.9 Å². The van der Waals surface area contributed by atoms with Crippen LogP contribution in [0.1, 0.15) is 19.4 Å². The molecule has 0 saturated carbocycles. The molecular formula is C16H26ClN3O3. The molecule has 0 aliphatic heterocycles. The predicted molar refractivity (Wildman–Crippen MR) is 95.3 cm³/mol. The van der Waals surface area contributed by atoms with E-state index in [-0.39, 0.29) is 36.7 Å². The summed E-state index contributed by atoms with van der Waals surface area (Å²) >= 11 is 0. The molecule has 0 heterocycles. The predicted octanol–water partition coefficient (Wildman–Crippen LogP) is 2.19. The topological polar surface area (TPSA) is 79.5 Å². The molecule has 7 heteroatoms. The second-order valence-corrected chi connectivity index (χ2v) is 5.39. The Labute approximate surface area is 143 Å². The first kappa shape index (κ1) is 21.4. The highest BCUT2D eigenvalue weighted by atomic mass is 35.5. The minimum absolute atomic E-state index is 0. The first-order valence-electron chi connectivity index (χ1n) is 7.35. The van der Waals surface area contributed by atoms with Crippen LogP contribution in [0.15, 0.2) is 18.2 Å². The molecule has 3 N–H and O–H groups in total. The van der Waals surface area contributed by atoms with Gasteiger partial charge in [-0.15, -0.1) is 12.4 Å². The largest absolute Gasteiger partial charge is 0.383 e. The normalized spacial score (nSPS) is 10.1. The Kier molecular flexibility index (Phi) is 10.2. The van der Waals surface area contributed by atoms with Gasteiger partial charge in [0.05, 0.1) is 13.2 Å². The fourth-order valence-corrected chi connectivity index (χ4v) is 1.69. The highest BCUT2D eigenvalue weighted by Gasteiger charge is 2.09. The average Bonchev–Trinajstić information content (AvgIpc) is 2.47. The van der Waals surface area contributed by atoms with Crippen LogP contribution in [0.3, 0.4) is 0 Å². The monoisotopic (exact) mass is 343 g/mol. The van der Waals surface area contributed by atoms with Gasteiger partial charge in [-0.1, -0.05) is 19.9 Å². The molecule has 0 aromatic heterocycles. The molecule has 1 aromatic carbocycles. The van der Waals surface area contributed by atoms with Gasteiger partial charge in [-0.2, -0.15) is 0 Å². The van der Waals surface area contributed by atoms with E-state index < -0.39 is 0 Å². The number of rotatable bonds is 8. The molecule has 0 fully saturated rings. The molecule has 0 spiro atoms. The van der Waals surface area contributed by atoms with Crippen molar-refractivity contribution in [3.63, 3.8) is 0 Å². The van der Waals surface area contributed by atoms with Crippen molar-refractivity contribution in [1.29, 1.82) is 0 Å². The summed E-state index contributed by atoms with van der Waals surface area (Å²) in [6, 6.07) is 5.45. The number of halogens is 1. The summed E-state index contributed by atoms with van der Waals surface area (Å²) in [6.07, 6.45) is 0. The van der Waals surface area contributed by atoms with Gasteiger partial charge in [-0.25, -0.2) is 0 Å². The number of hydrogen-bond acceptors (Lipinski definition) is 4. The quantitative estimate of drug-likeness (QED) is 0.632. The Balaban J connectivity index is 0.00000484. The van der Waals surface area contributed by atoms with Crippen molar-refractivity contribution in [2.75, 3.05) is 37.4 Å². The Morgan fingerprint density at radius 2 is 1.91 bits per heavy atom. The van der Waals surface area contributed by atoms with E-state index in [4.69, 9.17) is 4.74 Å². The SMILES string of the molecule is COCCNCC(=O)Nc1cc(NC(=O)C(C)C)ccc1C.Cl. The van der Waals surface area contributed by atoms with Gasteiger partial charge in [-0.05, 0) is 24.6 Å². The number of nitrogens with one attached hydrogen (secondary N) is 3. The fraction of sp³-hybridized carbons (Fsp3) is 0.500. The third-order valence-electron chi connectivity index (χ3n) is 3.07. The minimum Gasteiger partial charge on any atom is -0.383 e. The second-order valence-electron chi connectivity index (χ2n) is 5.39. The van der Waals surface area contributed by atoms with Crippen molar-refractivity contribution >= 4 is 35.6 Å². The van der Waals surface area contributed by atoms with Crippen LogP contribution in [-0.4, -0.2) is 38.6 Å². The minimum atomic E-state index is -0.133. The third-order valence-corrected chi connectivity index (χ3v) is 3.07. The van der Waals surface area contributed by atoms with Gasteiger partial charge in [0.25, 0.3) is 0 Å². The van der Waals surface area contributed by atoms with E-state index in [9.17, 15) is 9.59 Å². The first-order chi connectivity index (χ1) is 10.4. The summed E-state index contributed by atoms with van der Waals surface area (Å²) < 4.78 is 4.90. The van der Waals surface area contributed by atoms with Crippen molar-refractivity contribution < 1.29 is 14.3 Å². The lowest BCUT2D eigenvalue weighted by Gasteiger charge is -2.13. The summed E-state index contributed by atoms with van der Waals surface area (Å²) in [5, 5.41) is 8.64. The van der Waals surface area contributed by atoms with Gasteiger partial charge in [0.1, 0.15) is 0 Å². The Bertz CT molecular complexity index is 521. The van der Waals surface area contributed by atoms with Crippen LogP contribution in [0.4, 0.5) is 11.4 Å². The van der Waals surface area contributed by atoms with E-state index in [0.717, 1.165) is 5.56 Å². The summed E-state index contributed by atoms with van der Waals surface area (Å²) in [4.78, 5) is 23.6. The number of ether oxygens (including phenoxy) is 1. The Hall–Kier alpha value is -1.63. The van der Waals surface area contributed by atoms with E-state index in [1.165, 1.54) is 0 Å². The van der Waals surface area contributed by atoms with Crippen LogP contribution in [0.2, 0.25) is 0 Å². The highest BCUT2D eigenvalue weighted by molar-refractivity contribution is 5.96. The molecular weight excluding hydrogens is 318 g/mol. The van der Waals surface area contributed by atoms with E-state index in [0.29, 0.717) is 24.5 Å². The number of anilines is 2. The Morgan fingerprint density at radius 1 is 1.22 bits per heavy atom. The van der Waals surface area contributed by atoms with E-state index >= 15 is 0 Å². The molecule has 0 saturated heterocycles. The van der Waals surface area contributed by atoms with Gasteiger partial charge < -0.3 is 20.7 Å². The lowest BCUT2D eigenvalue weighted by atomic mass is 10.1. The number of carbonyl (C=O) groups is 2. The van der Waals surface area contributed by atoms with Crippen LogP contribution >= 0.6 is 12.4 Å². The lowest BCUT2D eigenvalue weighted by molar-refractivity contribution is -0.119. The van der Waals surface area contributed by atoms with E-state index in [1.807, 2.05) is 32.9 Å². The molecule has 1 rings (SSSR count). The third kappa shape index (κ3) is 7.97. The number of aryl methyl sites for hydroxylation is 1. The van der Waals surface area contributed by atoms with Gasteiger partial charge >= 0.3 is 0 Å². The van der Waals surface area contributed by atoms with Crippen molar-refractivity contribution in [2.45, 2.75) is 20.8 Å². The molecule has 2 amide bonds. The maximum absolute atomic E-state index is 11.9. The van der Waals surface area contributed by atoms with Gasteiger partial charge in [0.15, 0.2) is 0 Å². The fourth-order valence-electron chi connectivity index (χ4n) is 1.69. The zero-order chi connectivity index (χ0) is 16.5. The summed E-state index contributed by atoms with van der Waals surface area (Å²) in [6.45, 7) is 6.96. The highest BCUT2D eigenvalue weighted by Crippen LogP contribution is 2.20. The molecule has 0 unspecified atom stereocenters.